The van der Waals surface area contributed by atoms with Crippen LogP contribution < -0.4 is 11.1 Å². The molecule has 2 aromatic heterocycles. The highest BCUT2D eigenvalue weighted by molar-refractivity contribution is 6.30. The van der Waals surface area contributed by atoms with Gasteiger partial charge in [0.2, 0.25) is 0 Å². The molecule has 0 saturated carbocycles. The second-order valence-corrected chi connectivity index (χ2v) is 21.6. The Balaban J connectivity index is 0.000000125. The number of nitrogens with one attached hydrogen (secondary N) is 1. The predicted molar refractivity (Wildman–Crippen MR) is 361 cm³/mol. The van der Waals surface area contributed by atoms with Crippen LogP contribution in [0.5, 0.6) is 0 Å². The number of furan rings is 2. The first-order valence-electron chi connectivity index (χ1n) is 28.5. The maximum absolute atomic E-state index is 6.24. The average molecular weight is 1110 g/mol. The number of fused-ring (bicyclic) bond motifs is 8. The topological polar surface area (TPSA) is 64.3 Å². The van der Waals surface area contributed by atoms with Crippen molar-refractivity contribution in [2.45, 2.75) is 0 Å². The van der Waals surface area contributed by atoms with Gasteiger partial charge < -0.3 is 19.9 Å². The lowest BCUT2D eigenvalue weighted by molar-refractivity contribution is 0.669. The number of halogens is 1. The van der Waals surface area contributed by atoms with Crippen LogP contribution in [0, 0.1) is 0 Å². The van der Waals surface area contributed by atoms with Crippen LogP contribution in [-0.2, 0) is 0 Å². The van der Waals surface area contributed by atoms with Crippen molar-refractivity contribution in [1.82, 2.24) is 0 Å². The Morgan fingerprint density at radius 3 is 0.988 bits per heavy atom. The molecule has 0 atom stereocenters. The van der Waals surface area contributed by atoms with Gasteiger partial charge in [-0.1, -0.05) is 266 Å². The first-order valence-corrected chi connectivity index (χ1v) is 28.9. The zero-order chi connectivity index (χ0) is 57.1. The van der Waals surface area contributed by atoms with Gasteiger partial charge in [0.05, 0.1) is 0 Å². The summed E-state index contributed by atoms with van der Waals surface area (Å²) in [4.78, 5) is 0. The van der Waals surface area contributed by atoms with E-state index in [2.05, 4.69) is 254 Å². The third-order valence-corrected chi connectivity index (χ3v) is 16.1. The minimum Gasteiger partial charge on any atom is -0.455 e. The van der Waals surface area contributed by atoms with Gasteiger partial charge in [0.1, 0.15) is 22.3 Å². The van der Waals surface area contributed by atoms with E-state index in [1.165, 1.54) is 66.1 Å². The number of rotatable bonds is 8. The number of nitrogens with two attached hydrogens (primary N) is 1. The Bertz CT molecular complexity index is 5000. The van der Waals surface area contributed by atoms with Gasteiger partial charge >= 0.3 is 0 Å². The number of anilines is 3. The van der Waals surface area contributed by atoms with E-state index in [9.17, 15) is 0 Å². The molecule has 2 heterocycles. The van der Waals surface area contributed by atoms with Crippen molar-refractivity contribution in [2.24, 2.45) is 0 Å². The highest BCUT2D eigenvalue weighted by Crippen LogP contribution is 2.39. The maximum atomic E-state index is 6.24. The molecule has 4 nitrogen and oxygen atoms in total. The molecule has 0 bridgehead atoms. The third-order valence-electron chi connectivity index (χ3n) is 15.9. The van der Waals surface area contributed by atoms with Gasteiger partial charge in [-0.25, -0.2) is 0 Å². The van der Waals surface area contributed by atoms with E-state index >= 15 is 0 Å². The van der Waals surface area contributed by atoms with E-state index in [1.807, 2.05) is 66.7 Å². The van der Waals surface area contributed by atoms with Crippen molar-refractivity contribution in [3.8, 4) is 66.8 Å². The third kappa shape index (κ3) is 10.8. The van der Waals surface area contributed by atoms with E-state index in [0.29, 0.717) is 0 Å². The van der Waals surface area contributed by atoms with Crippen LogP contribution in [0.3, 0.4) is 0 Å². The van der Waals surface area contributed by atoms with Gasteiger partial charge in [0.25, 0.3) is 0 Å². The monoisotopic (exact) mass is 1110 g/mol. The fourth-order valence-electron chi connectivity index (χ4n) is 11.5. The highest BCUT2D eigenvalue weighted by Gasteiger charge is 2.14. The van der Waals surface area contributed by atoms with Crippen LogP contribution in [0.15, 0.2) is 324 Å². The molecule has 0 aliphatic rings. The molecule has 0 aliphatic carbocycles. The number of hydrogen-bond acceptors (Lipinski definition) is 4. The van der Waals surface area contributed by atoms with Gasteiger partial charge in [0, 0.05) is 54.8 Å². The van der Waals surface area contributed by atoms with Gasteiger partial charge in [-0.05, 0) is 138 Å². The molecule has 3 N–H and O–H groups in total. The Morgan fingerprint density at radius 2 is 0.541 bits per heavy atom. The highest BCUT2D eigenvalue weighted by atomic mass is 35.5. The molecule has 0 saturated heterocycles. The molecule has 0 spiro atoms. The molecule has 14 aromatic carbocycles. The Hall–Kier alpha value is -10.9. The fourth-order valence-corrected chi connectivity index (χ4v) is 11.7. The van der Waals surface area contributed by atoms with Crippen LogP contribution in [0.2, 0.25) is 5.02 Å². The molecule has 0 fully saturated rings. The Kier molecular flexibility index (Phi) is 14.2. The van der Waals surface area contributed by atoms with Crippen LogP contribution >= 0.6 is 11.6 Å². The number of para-hydroxylation sites is 4. The molecule has 404 valence electrons. The average Bonchev–Trinajstić information content (AvgIpc) is 3.86. The predicted octanol–water partition coefficient (Wildman–Crippen LogP) is 23.1. The molecule has 0 amide bonds. The van der Waals surface area contributed by atoms with Gasteiger partial charge in [-0.3, -0.25) is 0 Å². The summed E-state index contributed by atoms with van der Waals surface area (Å²) in [7, 11) is 0. The zero-order valence-corrected chi connectivity index (χ0v) is 47.0. The van der Waals surface area contributed by atoms with Crippen molar-refractivity contribution in [1.29, 1.82) is 0 Å². The molecule has 16 rings (SSSR count). The van der Waals surface area contributed by atoms with Crippen LogP contribution in [0.25, 0.3) is 132 Å². The van der Waals surface area contributed by atoms with Gasteiger partial charge in [0.15, 0.2) is 0 Å². The molecular formula is C80H55ClN2O2. The van der Waals surface area contributed by atoms with Crippen molar-refractivity contribution in [2.75, 3.05) is 11.1 Å². The van der Waals surface area contributed by atoms with E-state index < -0.39 is 0 Å². The van der Waals surface area contributed by atoms with Gasteiger partial charge in [-0.2, -0.15) is 0 Å². The lowest BCUT2D eigenvalue weighted by Gasteiger charge is -2.10. The maximum Gasteiger partial charge on any atom is 0.143 e. The van der Waals surface area contributed by atoms with Crippen molar-refractivity contribution in [3.63, 3.8) is 0 Å². The second-order valence-electron chi connectivity index (χ2n) is 21.2. The summed E-state index contributed by atoms with van der Waals surface area (Å²) in [5.74, 6) is 0. The lowest BCUT2D eigenvalue weighted by Crippen LogP contribution is -1.90. The quantitative estimate of drug-likeness (QED) is 0.149. The van der Waals surface area contributed by atoms with E-state index in [1.54, 1.807) is 0 Å². The summed E-state index contributed by atoms with van der Waals surface area (Å²) >= 11 is 5.96. The molecule has 0 radical (unpaired) electrons. The van der Waals surface area contributed by atoms with Gasteiger partial charge in [-0.15, -0.1) is 0 Å². The van der Waals surface area contributed by atoms with Crippen molar-refractivity contribution < 1.29 is 8.83 Å². The fraction of sp³-hybridized carbons (Fsp3) is 0. The molecule has 0 aliphatic heterocycles. The molecule has 16 aromatic rings. The summed E-state index contributed by atoms with van der Waals surface area (Å²) in [5, 5.41) is 14.0. The van der Waals surface area contributed by atoms with Crippen molar-refractivity contribution in [3.05, 3.63) is 320 Å². The van der Waals surface area contributed by atoms with E-state index in [-0.39, 0.29) is 0 Å². The van der Waals surface area contributed by atoms with Crippen LogP contribution in [0.1, 0.15) is 0 Å². The smallest absolute Gasteiger partial charge is 0.143 e. The molecule has 85 heavy (non-hydrogen) atoms. The largest absolute Gasteiger partial charge is 0.455 e. The van der Waals surface area contributed by atoms with E-state index in [4.69, 9.17) is 26.2 Å². The number of hydrogen-bond donors (Lipinski definition) is 2. The lowest BCUT2D eigenvalue weighted by atomic mass is 9.96. The summed E-state index contributed by atoms with van der Waals surface area (Å²) < 4.78 is 12.3. The van der Waals surface area contributed by atoms with Crippen molar-refractivity contribution >= 4 is 94.1 Å². The summed E-state index contributed by atoms with van der Waals surface area (Å²) in [6.45, 7) is 0. The normalized spacial score (nSPS) is 11.2. The van der Waals surface area contributed by atoms with Crippen LogP contribution in [-0.4, -0.2) is 0 Å². The molecular weight excluding hydrogens is 1060 g/mol. The summed E-state index contributed by atoms with van der Waals surface area (Å²) in [6, 6.07) is 109. The second kappa shape index (κ2) is 23.2. The Morgan fingerprint density at radius 1 is 0.247 bits per heavy atom. The minimum atomic E-state index is 0.765. The first kappa shape index (κ1) is 52.2. The SMILES string of the molecule is Clc1ccc(-c2ccc(-c3cccc4ccccc34)cc2)cc1.Nc1ccc(-c2cccc3c2oc2ccccc23)cc1.c1ccc2c(-c3ccc(-c4ccc(Nc5ccc(-c6cccc7c6oc6ccccc67)cc5)cc4)cc3)cccc2c1. The standard InChI is InChI=1S/C40H27NO.C22H15Cl.C18H13NO/c1-2-9-34-29(7-1)8-5-11-35(34)30-17-15-27(16-18-30)28-19-23-32(24-20-28)41-33-25-21-31(22-26-33)36-12-6-13-38-37-10-3-4-14-39(37)42-40(36)38;23-20-14-12-17(13-15-20)16-8-10-19(11-9-16)22-7-3-5-18-4-1-2-6-21(18)22;19-13-10-8-12(9-11-13)14-5-3-6-16-15-4-1-2-7-17(15)20-18(14)16/h1-26,41H;1-15H;1-11H,19H2. The molecule has 5 heteroatoms. The number of benzene rings is 14. The minimum absolute atomic E-state index is 0.765. The zero-order valence-electron chi connectivity index (χ0n) is 46.3. The summed E-state index contributed by atoms with van der Waals surface area (Å²) in [5.41, 5.74) is 26.5. The van der Waals surface area contributed by atoms with E-state index in [0.717, 1.165) is 88.2 Å². The molecule has 0 unspecified atom stereocenters. The first-order chi connectivity index (χ1) is 41.9. The Labute approximate surface area is 498 Å². The van der Waals surface area contributed by atoms with Crippen LogP contribution in [0.4, 0.5) is 17.1 Å². The number of nitrogen functional groups attached to an aromatic ring is 1. The summed E-state index contributed by atoms with van der Waals surface area (Å²) in [6.07, 6.45) is 0.